The van der Waals surface area contributed by atoms with Crippen molar-refractivity contribution >= 4 is 32.2 Å². The van der Waals surface area contributed by atoms with Crippen LogP contribution in [-0.4, -0.2) is 19.4 Å². The van der Waals surface area contributed by atoms with Crippen LogP contribution in [0.1, 0.15) is 19.4 Å². The number of nitrogens with one attached hydrogen (secondary N) is 1. The number of sulfonamides is 1. The van der Waals surface area contributed by atoms with Crippen molar-refractivity contribution in [3.05, 3.63) is 70.3 Å². The van der Waals surface area contributed by atoms with Crippen molar-refractivity contribution in [3.63, 3.8) is 0 Å². The van der Waals surface area contributed by atoms with Gasteiger partial charge in [-0.1, -0.05) is 36.4 Å². The monoisotopic (exact) mass is 415 g/mol. The lowest BCUT2D eigenvalue weighted by Crippen LogP contribution is -2.15. The minimum atomic E-state index is -4.25. The first-order chi connectivity index (χ1) is 13.7. The molecule has 0 saturated heterocycles. The van der Waals surface area contributed by atoms with Gasteiger partial charge in [-0.05, 0) is 42.8 Å². The summed E-state index contributed by atoms with van der Waals surface area (Å²) in [4.78, 5) is 10.3. The zero-order chi connectivity index (χ0) is 21.2. The Morgan fingerprint density at radius 1 is 1.10 bits per heavy atom. The number of nitrogens with zero attached hydrogens (tertiary/aromatic N) is 1. The number of nitro groups is 1. The highest BCUT2D eigenvalue weighted by Crippen LogP contribution is 2.34. The Labute approximate surface area is 168 Å². The second kappa shape index (κ2) is 8.06. The fourth-order valence-corrected chi connectivity index (χ4v) is 3.85. The maximum Gasteiger partial charge on any atom is 0.312 e. The number of para-hydroxylation sites is 1. The molecule has 0 atom stereocenters. The largest absolute Gasteiger partial charge is 0.491 e. The Morgan fingerprint density at radius 3 is 2.48 bits per heavy atom. The molecule has 3 aromatic rings. The molecule has 0 aliphatic heterocycles. The highest BCUT2D eigenvalue weighted by molar-refractivity contribution is 7.89. The lowest BCUT2D eigenvalue weighted by molar-refractivity contribution is -0.386. The molecule has 0 heterocycles. The highest BCUT2D eigenvalue weighted by Gasteiger charge is 2.26. The maximum atomic E-state index is 11.8. The first kappa shape index (κ1) is 20.6. The number of nitro benzene ring substituents is 1. The van der Waals surface area contributed by atoms with Crippen LogP contribution in [-0.2, 0) is 16.6 Å². The van der Waals surface area contributed by atoms with Gasteiger partial charge in [0.25, 0.3) is 0 Å². The molecule has 8 nitrogen and oxygen atoms in total. The molecule has 3 rings (SSSR count). The molecule has 152 valence electrons. The van der Waals surface area contributed by atoms with Crippen molar-refractivity contribution in [2.75, 3.05) is 5.32 Å². The molecule has 0 unspecified atom stereocenters. The quantitative estimate of drug-likeness (QED) is 0.447. The number of fused-ring (bicyclic) bond motifs is 1. The smallest absolute Gasteiger partial charge is 0.312 e. The Morgan fingerprint density at radius 2 is 1.83 bits per heavy atom. The Hall–Kier alpha value is -3.17. The predicted octanol–water partition coefficient (Wildman–Crippen LogP) is 3.79. The fourth-order valence-electron chi connectivity index (χ4n) is 3.13. The lowest BCUT2D eigenvalue weighted by atomic mass is 10.0. The van der Waals surface area contributed by atoms with E-state index in [0.717, 1.165) is 22.4 Å². The molecule has 29 heavy (non-hydrogen) atoms. The number of ether oxygens (including phenoxy) is 1. The molecule has 0 aliphatic carbocycles. The van der Waals surface area contributed by atoms with Crippen LogP contribution in [0.2, 0.25) is 0 Å². The van der Waals surface area contributed by atoms with Crippen molar-refractivity contribution in [1.29, 1.82) is 0 Å². The van der Waals surface area contributed by atoms with E-state index in [1.165, 1.54) is 12.1 Å². The van der Waals surface area contributed by atoms with Crippen molar-refractivity contribution in [3.8, 4) is 5.75 Å². The summed E-state index contributed by atoms with van der Waals surface area (Å²) in [6.45, 7) is 4.01. The summed E-state index contributed by atoms with van der Waals surface area (Å²) in [5.41, 5.74) is 0.290. The van der Waals surface area contributed by atoms with Crippen LogP contribution in [0.25, 0.3) is 10.8 Å². The summed E-state index contributed by atoms with van der Waals surface area (Å²) >= 11 is 0. The molecule has 0 amide bonds. The minimum absolute atomic E-state index is 0.0601. The van der Waals surface area contributed by atoms with Crippen LogP contribution in [0.15, 0.2) is 59.5 Å². The normalized spacial score (nSPS) is 11.6. The van der Waals surface area contributed by atoms with Gasteiger partial charge in [-0.3, -0.25) is 10.1 Å². The first-order valence-corrected chi connectivity index (χ1v) is 10.4. The van der Waals surface area contributed by atoms with Gasteiger partial charge in [-0.15, -0.1) is 0 Å². The number of anilines is 1. The molecule has 0 spiro atoms. The second-order valence-electron chi connectivity index (χ2n) is 6.74. The van der Waals surface area contributed by atoms with E-state index < -0.39 is 25.5 Å². The topological polar surface area (TPSA) is 125 Å². The molecule has 0 aliphatic rings. The summed E-state index contributed by atoms with van der Waals surface area (Å²) in [6, 6.07) is 15.5. The molecule has 9 heteroatoms. The van der Waals surface area contributed by atoms with Gasteiger partial charge < -0.3 is 10.1 Å². The molecule has 3 N–H and O–H groups in total. The minimum Gasteiger partial charge on any atom is -0.491 e. The second-order valence-corrected chi connectivity index (χ2v) is 8.27. The number of hydrogen-bond donors (Lipinski definition) is 2. The summed E-state index contributed by atoms with van der Waals surface area (Å²) in [5.74, 6) is 0.649. The maximum absolute atomic E-state index is 11.8. The SMILES string of the molecule is CC(C)Oc1ccc2ccccc2c1CNc1cccc(S(N)(=O)=O)c1[N+](=O)[O-]. The molecule has 3 aromatic carbocycles. The Balaban J connectivity index is 2.07. The summed E-state index contributed by atoms with van der Waals surface area (Å²) in [6.07, 6.45) is -0.0602. The lowest BCUT2D eigenvalue weighted by Gasteiger charge is -2.17. The van der Waals surface area contributed by atoms with Gasteiger partial charge >= 0.3 is 5.69 Å². The summed E-state index contributed by atoms with van der Waals surface area (Å²) in [5, 5.41) is 21.6. The fraction of sp³-hybridized carbons (Fsp3) is 0.200. The molecular weight excluding hydrogens is 394 g/mol. The number of hydrogen-bond acceptors (Lipinski definition) is 6. The van der Waals surface area contributed by atoms with E-state index in [9.17, 15) is 18.5 Å². The van der Waals surface area contributed by atoms with Gasteiger partial charge in [0.2, 0.25) is 10.0 Å². The Kier molecular flexibility index (Phi) is 5.71. The standard InChI is InChI=1S/C20H21N3O5S/c1-13(2)28-18-11-10-14-6-3-4-7-15(14)16(18)12-22-17-8-5-9-19(29(21,26)27)20(17)23(24)25/h3-11,13,22H,12H2,1-2H3,(H2,21,26,27). The van der Waals surface area contributed by atoms with E-state index >= 15 is 0 Å². The van der Waals surface area contributed by atoms with Crippen LogP contribution >= 0.6 is 0 Å². The molecule has 0 saturated carbocycles. The van der Waals surface area contributed by atoms with Gasteiger partial charge in [0.15, 0.2) is 4.90 Å². The third-order valence-electron chi connectivity index (χ3n) is 4.30. The molecule has 0 radical (unpaired) electrons. The van der Waals surface area contributed by atoms with Gasteiger partial charge in [0, 0.05) is 12.1 Å². The zero-order valence-electron chi connectivity index (χ0n) is 16.0. The number of benzene rings is 3. The van der Waals surface area contributed by atoms with E-state index in [1.807, 2.05) is 50.2 Å². The third kappa shape index (κ3) is 4.47. The van der Waals surface area contributed by atoms with Crippen molar-refractivity contribution in [2.45, 2.75) is 31.4 Å². The first-order valence-electron chi connectivity index (χ1n) is 8.90. The number of nitrogens with two attached hydrogens (primary N) is 1. The van der Waals surface area contributed by atoms with Crippen LogP contribution in [0, 0.1) is 10.1 Å². The van der Waals surface area contributed by atoms with Crippen molar-refractivity contribution in [1.82, 2.24) is 0 Å². The van der Waals surface area contributed by atoms with E-state index in [2.05, 4.69) is 5.32 Å². The number of primary sulfonamides is 1. The average molecular weight is 415 g/mol. The molecule has 0 aromatic heterocycles. The summed E-state index contributed by atoms with van der Waals surface area (Å²) in [7, 11) is -4.25. The van der Waals surface area contributed by atoms with Crippen LogP contribution in [0.4, 0.5) is 11.4 Å². The number of rotatable bonds is 7. The van der Waals surface area contributed by atoms with E-state index in [0.29, 0.717) is 5.75 Å². The third-order valence-corrected chi connectivity index (χ3v) is 5.25. The van der Waals surface area contributed by atoms with Gasteiger partial charge in [-0.2, -0.15) is 0 Å². The van der Waals surface area contributed by atoms with Gasteiger partial charge in [-0.25, -0.2) is 13.6 Å². The van der Waals surface area contributed by atoms with E-state index in [-0.39, 0.29) is 18.3 Å². The molecule has 0 bridgehead atoms. The molecular formula is C20H21N3O5S. The van der Waals surface area contributed by atoms with Gasteiger partial charge in [0.05, 0.1) is 11.0 Å². The van der Waals surface area contributed by atoms with Crippen molar-refractivity contribution < 1.29 is 18.1 Å². The molecule has 0 fully saturated rings. The van der Waals surface area contributed by atoms with Crippen LogP contribution < -0.4 is 15.2 Å². The average Bonchev–Trinajstić information content (AvgIpc) is 2.65. The Bertz CT molecular complexity index is 1180. The van der Waals surface area contributed by atoms with Crippen LogP contribution in [0.3, 0.4) is 0 Å². The summed E-state index contributed by atoms with van der Waals surface area (Å²) < 4.78 is 29.4. The van der Waals surface area contributed by atoms with Gasteiger partial charge in [0.1, 0.15) is 11.4 Å². The predicted molar refractivity (Wildman–Crippen MR) is 112 cm³/mol. The highest BCUT2D eigenvalue weighted by atomic mass is 32.2. The van der Waals surface area contributed by atoms with Crippen molar-refractivity contribution in [2.24, 2.45) is 5.14 Å². The zero-order valence-corrected chi connectivity index (χ0v) is 16.8. The van der Waals surface area contributed by atoms with E-state index in [4.69, 9.17) is 9.88 Å². The van der Waals surface area contributed by atoms with E-state index in [1.54, 1.807) is 0 Å². The van der Waals surface area contributed by atoms with Crippen LogP contribution in [0.5, 0.6) is 5.75 Å².